The van der Waals surface area contributed by atoms with Gasteiger partial charge in [-0.1, -0.05) is 36.4 Å². The molecule has 0 saturated heterocycles. The van der Waals surface area contributed by atoms with Gasteiger partial charge in [-0.15, -0.1) is 0 Å². The number of urea groups is 1. The molecule has 0 aliphatic rings. The minimum atomic E-state index is -0.858. The standard InChI is InChI=1S/C27H20F2N4O2/c28-21-8-3-9-22(29)25(21)33-27(35)31-14-16-4-1-5-17(12-16)19-6-2-7-20(26(19)34)24-13-18-15-30-11-10-23(18)32-24/h1-13,15,32,34H,14H2,(H2,31,33,35). The van der Waals surface area contributed by atoms with E-state index in [-0.39, 0.29) is 12.3 Å². The molecule has 0 aliphatic carbocycles. The lowest BCUT2D eigenvalue weighted by molar-refractivity contribution is 0.251. The minimum absolute atomic E-state index is 0.116. The van der Waals surface area contributed by atoms with Crippen LogP contribution in [0.3, 0.4) is 0 Å². The van der Waals surface area contributed by atoms with Crippen LogP contribution in [0, 0.1) is 11.6 Å². The number of carbonyl (C=O) groups is 1. The molecule has 0 atom stereocenters. The number of benzene rings is 3. The van der Waals surface area contributed by atoms with Crippen molar-refractivity contribution in [2.45, 2.75) is 6.54 Å². The summed E-state index contributed by atoms with van der Waals surface area (Å²) in [6.07, 6.45) is 3.45. The number of hydrogen-bond acceptors (Lipinski definition) is 3. The molecule has 0 aliphatic heterocycles. The Balaban J connectivity index is 1.35. The molecule has 0 fully saturated rings. The molecule has 0 spiro atoms. The van der Waals surface area contributed by atoms with Gasteiger partial charge >= 0.3 is 6.03 Å². The van der Waals surface area contributed by atoms with E-state index in [4.69, 9.17) is 0 Å². The minimum Gasteiger partial charge on any atom is -0.507 e. The highest BCUT2D eigenvalue weighted by Crippen LogP contribution is 2.38. The molecule has 5 rings (SSSR count). The van der Waals surface area contributed by atoms with Crippen molar-refractivity contribution in [3.63, 3.8) is 0 Å². The van der Waals surface area contributed by atoms with Crippen molar-refractivity contribution >= 4 is 22.6 Å². The quantitative estimate of drug-likeness (QED) is 0.246. The number of para-hydroxylation sites is 2. The molecule has 6 nitrogen and oxygen atoms in total. The molecular weight excluding hydrogens is 450 g/mol. The van der Waals surface area contributed by atoms with E-state index in [9.17, 15) is 18.7 Å². The summed E-state index contributed by atoms with van der Waals surface area (Å²) in [4.78, 5) is 19.6. The van der Waals surface area contributed by atoms with Gasteiger partial charge in [-0.2, -0.15) is 0 Å². The fourth-order valence-electron chi connectivity index (χ4n) is 3.92. The number of anilines is 1. The topological polar surface area (TPSA) is 90.0 Å². The number of carbonyl (C=O) groups excluding carboxylic acids is 1. The van der Waals surface area contributed by atoms with Gasteiger partial charge in [0.15, 0.2) is 0 Å². The zero-order chi connectivity index (χ0) is 24.4. The van der Waals surface area contributed by atoms with E-state index < -0.39 is 23.4 Å². The van der Waals surface area contributed by atoms with Crippen molar-refractivity contribution in [2.75, 3.05) is 5.32 Å². The van der Waals surface area contributed by atoms with E-state index in [0.29, 0.717) is 11.1 Å². The number of aromatic amines is 1. The number of phenolic OH excluding ortho intramolecular Hbond substituents is 1. The maximum atomic E-state index is 13.8. The normalized spacial score (nSPS) is 10.9. The molecule has 2 heterocycles. The number of aromatic hydroxyl groups is 1. The first-order valence-corrected chi connectivity index (χ1v) is 10.8. The highest BCUT2D eigenvalue weighted by Gasteiger charge is 2.14. The number of hydrogen-bond donors (Lipinski definition) is 4. The molecule has 0 saturated carbocycles. The Morgan fingerprint density at radius 3 is 2.49 bits per heavy atom. The highest BCUT2D eigenvalue weighted by molar-refractivity contribution is 5.90. The van der Waals surface area contributed by atoms with E-state index in [1.807, 2.05) is 48.5 Å². The van der Waals surface area contributed by atoms with Gasteiger partial charge in [0, 0.05) is 41.0 Å². The van der Waals surface area contributed by atoms with Crippen molar-refractivity contribution in [1.82, 2.24) is 15.3 Å². The molecule has 2 amide bonds. The Morgan fingerprint density at radius 1 is 0.943 bits per heavy atom. The Hall–Kier alpha value is -4.72. The summed E-state index contributed by atoms with van der Waals surface area (Å²) >= 11 is 0. The van der Waals surface area contributed by atoms with Crippen molar-refractivity contribution in [1.29, 1.82) is 0 Å². The van der Waals surface area contributed by atoms with Crippen LogP contribution < -0.4 is 10.6 Å². The number of pyridine rings is 1. The van der Waals surface area contributed by atoms with Gasteiger partial charge in [-0.25, -0.2) is 13.6 Å². The maximum absolute atomic E-state index is 13.8. The number of rotatable bonds is 5. The second-order valence-corrected chi connectivity index (χ2v) is 7.95. The van der Waals surface area contributed by atoms with Crippen LogP contribution in [0.5, 0.6) is 5.75 Å². The first-order valence-electron chi connectivity index (χ1n) is 10.8. The zero-order valence-corrected chi connectivity index (χ0v) is 18.3. The number of halogens is 2. The lowest BCUT2D eigenvalue weighted by Crippen LogP contribution is -2.29. The fraction of sp³-hybridized carbons (Fsp3) is 0.0370. The third kappa shape index (κ3) is 4.54. The molecule has 2 aromatic heterocycles. The number of fused-ring (bicyclic) bond motifs is 1. The first kappa shape index (κ1) is 22.1. The third-order valence-electron chi connectivity index (χ3n) is 5.64. The third-order valence-corrected chi connectivity index (χ3v) is 5.64. The van der Waals surface area contributed by atoms with Crippen LogP contribution in [0.4, 0.5) is 19.3 Å². The van der Waals surface area contributed by atoms with Crippen LogP contribution in [-0.2, 0) is 6.54 Å². The summed E-state index contributed by atoms with van der Waals surface area (Å²) in [6, 6.07) is 19.2. The van der Waals surface area contributed by atoms with Gasteiger partial charge in [0.1, 0.15) is 23.1 Å². The van der Waals surface area contributed by atoms with Crippen LogP contribution in [0.1, 0.15) is 5.56 Å². The first-order chi connectivity index (χ1) is 17.0. The van der Waals surface area contributed by atoms with Crippen molar-refractivity contribution in [2.24, 2.45) is 0 Å². The number of nitrogens with zero attached hydrogens (tertiary/aromatic N) is 1. The van der Waals surface area contributed by atoms with E-state index >= 15 is 0 Å². The van der Waals surface area contributed by atoms with E-state index in [1.165, 1.54) is 6.07 Å². The van der Waals surface area contributed by atoms with Crippen molar-refractivity contribution in [3.05, 3.63) is 102 Å². The molecule has 174 valence electrons. The molecular formula is C27H20F2N4O2. The van der Waals surface area contributed by atoms with Gasteiger partial charge in [-0.05, 0) is 47.5 Å². The monoisotopic (exact) mass is 470 g/mol. The highest BCUT2D eigenvalue weighted by atomic mass is 19.1. The molecule has 0 unspecified atom stereocenters. The summed E-state index contributed by atoms with van der Waals surface area (Å²) in [5, 5.41) is 16.8. The van der Waals surface area contributed by atoms with E-state index in [0.717, 1.165) is 39.9 Å². The number of phenols is 1. The second-order valence-electron chi connectivity index (χ2n) is 7.95. The molecule has 8 heteroatoms. The van der Waals surface area contributed by atoms with Crippen LogP contribution in [-0.4, -0.2) is 21.1 Å². The molecule has 4 N–H and O–H groups in total. The van der Waals surface area contributed by atoms with Gasteiger partial charge in [0.2, 0.25) is 0 Å². The van der Waals surface area contributed by atoms with Gasteiger partial charge in [0.25, 0.3) is 0 Å². The van der Waals surface area contributed by atoms with Crippen LogP contribution >= 0.6 is 0 Å². The van der Waals surface area contributed by atoms with E-state index in [2.05, 4.69) is 20.6 Å². The Kier molecular flexibility index (Phi) is 5.85. The fourth-order valence-corrected chi connectivity index (χ4v) is 3.92. The maximum Gasteiger partial charge on any atom is 0.319 e. The summed E-state index contributed by atoms with van der Waals surface area (Å²) in [5.74, 6) is -1.60. The average Bonchev–Trinajstić information content (AvgIpc) is 3.29. The Bertz CT molecular complexity index is 1490. The molecule has 3 aromatic carbocycles. The summed E-state index contributed by atoms with van der Waals surface area (Å²) < 4.78 is 27.5. The van der Waals surface area contributed by atoms with Crippen molar-refractivity contribution in [3.8, 4) is 28.1 Å². The summed E-state index contributed by atoms with van der Waals surface area (Å²) in [7, 11) is 0. The Morgan fingerprint density at radius 2 is 1.69 bits per heavy atom. The summed E-state index contributed by atoms with van der Waals surface area (Å²) in [5.41, 5.74) is 3.94. The molecule has 0 radical (unpaired) electrons. The number of H-pyrrole nitrogens is 1. The molecule has 35 heavy (non-hydrogen) atoms. The largest absolute Gasteiger partial charge is 0.507 e. The lowest BCUT2D eigenvalue weighted by atomic mass is 9.98. The smallest absolute Gasteiger partial charge is 0.319 e. The Labute approximate surface area is 199 Å². The van der Waals surface area contributed by atoms with Gasteiger partial charge in [0.05, 0.1) is 5.69 Å². The molecule has 0 bridgehead atoms. The molecule has 5 aromatic rings. The lowest BCUT2D eigenvalue weighted by Gasteiger charge is -2.12. The zero-order valence-electron chi connectivity index (χ0n) is 18.3. The number of aromatic nitrogens is 2. The van der Waals surface area contributed by atoms with Crippen LogP contribution in [0.25, 0.3) is 33.3 Å². The van der Waals surface area contributed by atoms with Crippen LogP contribution in [0.2, 0.25) is 0 Å². The predicted molar refractivity (Wildman–Crippen MR) is 131 cm³/mol. The van der Waals surface area contributed by atoms with Gasteiger partial charge < -0.3 is 20.7 Å². The summed E-state index contributed by atoms with van der Waals surface area (Å²) in [6.45, 7) is 0.116. The number of amides is 2. The van der Waals surface area contributed by atoms with Crippen LogP contribution in [0.15, 0.2) is 85.2 Å². The van der Waals surface area contributed by atoms with Gasteiger partial charge in [-0.3, -0.25) is 4.98 Å². The van der Waals surface area contributed by atoms with E-state index in [1.54, 1.807) is 18.5 Å². The SMILES string of the molecule is O=C(NCc1cccc(-c2cccc(-c3cc4cnccc4[nH]3)c2O)c1)Nc1c(F)cccc1F. The average molecular weight is 470 g/mol. The number of nitrogens with one attached hydrogen (secondary N) is 3. The second kappa shape index (κ2) is 9.26. The van der Waals surface area contributed by atoms with Crippen molar-refractivity contribution < 1.29 is 18.7 Å². The predicted octanol–water partition coefficient (Wildman–Crippen LogP) is 6.20.